The van der Waals surface area contributed by atoms with E-state index in [9.17, 15) is 9.59 Å². The van der Waals surface area contributed by atoms with Crippen LogP contribution in [0.1, 0.15) is 21.7 Å². The quantitative estimate of drug-likeness (QED) is 0.763. The fourth-order valence-corrected chi connectivity index (χ4v) is 3.82. The maximum atomic E-state index is 12.8. The molecule has 7 heteroatoms. The van der Waals surface area contributed by atoms with Gasteiger partial charge in [0.25, 0.3) is 5.91 Å². The van der Waals surface area contributed by atoms with E-state index in [1.807, 2.05) is 16.3 Å². The molecule has 0 saturated carbocycles. The van der Waals surface area contributed by atoms with E-state index in [0.29, 0.717) is 49.7 Å². The van der Waals surface area contributed by atoms with Crippen LogP contribution in [0, 0.1) is 0 Å². The van der Waals surface area contributed by atoms with E-state index in [1.54, 1.807) is 48.7 Å². The Hall–Kier alpha value is -2.54. The summed E-state index contributed by atoms with van der Waals surface area (Å²) in [5.41, 5.74) is 0.531. The lowest BCUT2D eigenvalue weighted by atomic mass is 10.1. The number of aryl methyl sites for hydroxylation is 1. The summed E-state index contributed by atoms with van der Waals surface area (Å²) in [5, 5.41) is 2.03. The maximum absolute atomic E-state index is 12.8. The summed E-state index contributed by atoms with van der Waals surface area (Å²) in [4.78, 5) is 30.1. The van der Waals surface area contributed by atoms with Crippen molar-refractivity contribution < 1.29 is 19.1 Å². The molecule has 0 unspecified atom stereocenters. The largest absolute Gasteiger partial charge is 0.497 e. The molecule has 144 valence electrons. The van der Waals surface area contributed by atoms with Gasteiger partial charge in [0.05, 0.1) is 14.2 Å². The average molecular weight is 388 g/mol. The Bertz CT molecular complexity index is 761. The number of ether oxygens (including phenoxy) is 2. The van der Waals surface area contributed by atoms with Crippen LogP contribution in [0.2, 0.25) is 0 Å². The highest BCUT2D eigenvalue weighted by molar-refractivity contribution is 7.09. The molecule has 1 aromatic heterocycles. The van der Waals surface area contributed by atoms with Gasteiger partial charge in [0, 0.05) is 49.1 Å². The molecule has 3 rings (SSSR count). The number of hydrogen-bond donors (Lipinski definition) is 0. The predicted octanol–water partition coefficient (Wildman–Crippen LogP) is 2.68. The third kappa shape index (κ3) is 4.80. The van der Waals surface area contributed by atoms with Gasteiger partial charge in [0.2, 0.25) is 5.91 Å². The van der Waals surface area contributed by atoms with Crippen LogP contribution in [0.4, 0.5) is 0 Å². The highest BCUT2D eigenvalue weighted by Crippen LogP contribution is 2.24. The Balaban J connectivity index is 1.55. The maximum Gasteiger partial charge on any atom is 0.254 e. The number of hydrogen-bond acceptors (Lipinski definition) is 5. The van der Waals surface area contributed by atoms with Gasteiger partial charge in [0.1, 0.15) is 11.5 Å². The van der Waals surface area contributed by atoms with Gasteiger partial charge in [-0.25, -0.2) is 0 Å². The van der Waals surface area contributed by atoms with Crippen molar-refractivity contribution in [1.29, 1.82) is 0 Å². The number of nitrogens with zero attached hydrogens (tertiary/aromatic N) is 2. The summed E-state index contributed by atoms with van der Waals surface area (Å²) in [5.74, 6) is 1.25. The predicted molar refractivity (Wildman–Crippen MR) is 105 cm³/mol. The van der Waals surface area contributed by atoms with Crippen LogP contribution >= 0.6 is 11.3 Å². The Morgan fingerprint density at radius 3 is 2.19 bits per heavy atom. The first-order chi connectivity index (χ1) is 13.1. The average Bonchev–Trinajstić information content (AvgIpc) is 3.24. The van der Waals surface area contributed by atoms with Crippen molar-refractivity contribution in [2.45, 2.75) is 12.8 Å². The van der Waals surface area contributed by atoms with Crippen LogP contribution in [0.15, 0.2) is 35.7 Å². The molecule has 0 spiro atoms. The zero-order chi connectivity index (χ0) is 19.2. The van der Waals surface area contributed by atoms with Gasteiger partial charge >= 0.3 is 0 Å². The second-order valence-electron chi connectivity index (χ2n) is 6.35. The fraction of sp³-hybridized carbons (Fsp3) is 0.400. The van der Waals surface area contributed by atoms with Crippen LogP contribution in [0.25, 0.3) is 0 Å². The number of amides is 2. The summed E-state index contributed by atoms with van der Waals surface area (Å²) in [6.07, 6.45) is 1.29. The Kier molecular flexibility index (Phi) is 6.34. The molecule has 1 saturated heterocycles. The van der Waals surface area contributed by atoms with E-state index < -0.39 is 0 Å². The third-order valence-electron chi connectivity index (χ3n) is 4.68. The number of methoxy groups -OCH3 is 2. The molecule has 2 aromatic rings. The first-order valence-electron chi connectivity index (χ1n) is 8.93. The van der Waals surface area contributed by atoms with Crippen molar-refractivity contribution in [1.82, 2.24) is 9.80 Å². The van der Waals surface area contributed by atoms with E-state index in [4.69, 9.17) is 9.47 Å². The Morgan fingerprint density at radius 2 is 1.63 bits per heavy atom. The SMILES string of the molecule is COc1cc(OC)cc(C(=O)N2CCN(C(=O)CCc3cccs3)CC2)c1. The van der Waals surface area contributed by atoms with E-state index in [1.165, 1.54) is 4.88 Å². The molecule has 6 nitrogen and oxygen atoms in total. The number of thiophene rings is 1. The number of benzene rings is 1. The molecule has 0 bridgehead atoms. The second kappa shape index (κ2) is 8.90. The van der Waals surface area contributed by atoms with Crippen LogP contribution in [0.5, 0.6) is 11.5 Å². The van der Waals surface area contributed by atoms with Crippen molar-refractivity contribution in [2.24, 2.45) is 0 Å². The minimum atomic E-state index is -0.0714. The molecule has 1 aliphatic heterocycles. The Labute approximate surface area is 163 Å². The normalized spacial score (nSPS) is 14.1. The number of carbonyl (C=O) groups excluding carboxylic acids is 2. The zero-order valence-electron chi connectivity index (χ0n) is 15.6. The van der Waals surface area contributed by atoms with Gasteiger partial charge in [0.15, 0.2) is 0 Å². The molecule has 2 amide bonds. The third-order valence-corrected chi connectivity index (χ3v) is 5.62. The number of carbonyl (C=O) groups is 2. The van der Waals surface area contributed by atoms with Crippen LogP contribution in [0.3, 0.4) is 0 Å². The van der Waals surface area contributed by atoms with Crippen molar-refractivity contribution in [3.63, 3.8) is 0 Å². The molecule has 1 aromatic carbocycles. The molecule has 0 atom stereocenters. The zero-order valence-corrected chi connectivity index (χ0v) is 16.5. The number of rotatable bonds is 6. The van der Waals surface area contributed by atoms with Crippen molar-refractivity contribution in [2.75, 3.05) is 40.4 Å². The van der Waals surface area contributed by atoms with Crippen molar-refractivity contribution >= 4 is 23.2 Å². The van der Waals surface area contributed by atoms with E-state index >= 15 is 0 Å². The highest BCUT2D eigenvalue weighted by atomic mass is 32.1. The molecule has 27 heavy (non-hydrogen) atoms. The van der Waals surface area contributed by atoms with E-state index in [-0.39, 0.29) is 11.8 Å². The minimum Gasteiger partial charge on any atom is -0.497 e. The van der Waals surface area contributed by atoms with Gasteiger partial charge in [-0.1, -0.05) is 6.07 Å². The lowest BCUT2D eigenvalue weighted by molar-refractivity contribution is -0.132. The van der Waals surface area contributed by atoms with Gasteiger partial charge in [-0.05, 0) is 30.0 Å². The van der Waals surface area contributed by atoms with Crippen LogP contribution in [-0.2, 0) is 11.2 Å². The first kappa shape index (κ1) is 19.2. The smallest absolute Gasteiger partial charge is 0.254 e. The van der Waals surface area contributed by atoms with Crippen LogP contribution in [-0.4, -0.2) is 62.0 Å². The molecular weight excluding hydrogens is 364 g/mol. The molecule has 1 fully saturated rings. The topological polar surface area (TPSA) is 59.1 Å². The summed E-state index contributed by atoms with van der Waals surface area (Å²) < 4.78 is 10.5. The summed E-state index contributed by atoms with van der Waals surface area (Å²) in [6, 6.07) is 9.22. The monoisotopic (exact) mass is 388 g/mol. The fourth-order valence-electron chi connectivity index (χ4n) is 3.12. The van der Waals surface area contributed by atoms with Crippen LogP contribution < -0.4 is 9.47 Å². The molecule has 2 heterocycles. The summed E-state index contributed by atoms with van der Waals surface area (Å²) >= 11 is 1.68. The molecule has 0 N–H and O–H groups in total. The molecule has 0 aliphatic carbocycles. The second-order valence-corrected chi connectivity index (χ2v) is 7.39. The summed E-state index contributed by atoms with van der Waals surface area (Å²) in [7, 11) is 3.12. The lowest BCUT2D eigenvalue weighted by Gasteiger charge is -2.35. The first-order valence-corrected chi connectivity index (χ1v) is 9.81. The van der Waals surface area contributed by atoms with Crippen molar-refractivity contribution in [3.8, 4) is 11.5 Å². The van der Waals surface area contributed by atoms with E-state index in [2.05, 4.69) is 6.07 Å². The lowest BCUT2D eigenvalue weighted by Crippen LogP contribution is -2.50. The Morgan fingerprint density at radius 1 is 1.00 bits per heavy atom. The van der Waals surface area contributed by atoms with Gasteiger partial charge < -0.3 is 19.3 Å². The van der Waals surface area contributed by atoms with Gasteiger partial charge in [-0.15, -0.1) is 11.3 Å². The molecule has 0 radical (unpaired) electrons. The standard InChI is InChI=1S/C20H24N2O4S/c1-25-16-12-15(13-17(14-16)26-2)20(24)22-9-7-21(8-10-22)19(23)6-5-18-4-3-11-27-18/h3-4,11-14H,5-10H2,1-2H3. The van der Waals surface area contributed by atoms with Gasteiger partial charge in [-0.2, -0.15) is 0 Å². The van der Waals surface area contributed by atoms with E-state index in [0.717, 1.165) is 6.42 Å². The minimum absolute atomic E-state index is 0.0714. The molecular formula is C20H24N2O4S. The molecule has 1 aliphatic rings. The highest BCUT2D eigenvalue weighted by Gasteiger charge is 2.25. The van der Waals surface area contributed by atoms with Gasteiger partial charge in [-0.3, -0.25) is 9.59 Å². The van der Waals surface area contributed by atoms with Crippen molar-refractivity contribution in [3.05, 3.63) is 46.2 Å². The number of piperazine rings is 1. The summed E-state index contributed by atoms with van der Waals surface area (Å²) in [6.45, 7) is 2.19.